The minimum absolute atomic E-state index is 0.113. The van der Waals surface area contributed by atoms with Gasteiger partial charge in [-0.25, -0.2) is 4.98 Å². The van der Waals surface area contributed by atoms with Crippen molar-refractivity contribution in [3.05, 3.63) is 47.4 Å². The first-order valence-corrected chi connectivity index (χ1v) is 5.11. The van der Waals surface area contributed by atoms with Gasteiger partial charge in [-0.15, -0.1) is 0 Å². The lowest BCUT2D eigenvalue weighted by molar-refractivity contribution is 0.102. The fraction of sp³-hybridized carbons (Fsp3) is 0. The Morgan fingerprint density at radius 2 is 2.18 bits per heavy atom. The maximum Gasteiger partial charge on any atom is 0.260 e. The molecule has 2 rings (SSSR count). The molecular weight excluding hydrogens is 242 g/mol. The summed E-state index contributed by atoms with van der Waals surface area (Å²) in [5.74, 6) is -0.446. The van der Waals surface area contributed by atoms with Gasteiger partial charge >= 0.3 is 0 Å². The smallest absolute Gasteiger partial charge is 0.260 e. The van der Waals surface area contributed by atoms with E-state index in [4.69, 9.17) is 11.6 Å². The summed E-state index contributed by atoms with van der Waals surface area (Å²) >= 11 is 5.84. The van der Waals surface area contributed by atoms with E-state index in [-0.39, 0.29) is 17.1 Å². The molecule has 0 spiro atoms. The molecule has 2 N–H and O–H groups in total. The standard InChI is InChI=1S/C11H8ClN3O2/c12-8-2-1-4-14-10(8)15-11(17)7-3-5-13-6-9(7)16/h1-6,16H,(H,14,15,17). The number of nitrogens with one attached hydrogen (secondary N) is 1. The molecule has 1 amide bonds. The Bertz CT molecular complexity index is 560. The Labute approximate surface area is 102 Å². The number of amides is 1. The summed E-state index contributed by atoms with van der Waals surface area (Å²) in [5, 5.41) is 12.3. The van der Waals surface area contributed by atoms with E-state index in [1.807, 2.05) is 0 Å². The van der Waals surface area contributed by atoms with Crippen LogP contribution in [0.1, 0.15) is 10.4 Å². The summed E-state index contributed by atoms with van der Waals surface area (Å²) in [5.41, 5.74) is 0.113. The average Bonchev–Trinajstić information content (AvgIpc) is 2.32. The maximum absolute atomic E-state index is 11.8. The van der Waals surface area contributed by atoms with Crippen molar-refractivity contribution < 1.29 is 9.90 Å². The molecule has 0 atom stereocenters. The highest BCUT2D eigenvalue weighted by molar-refractivity contribution is 6.33. The van der Waals surface area contributed by atoms with Gasteiger partial charge in [0.05, 0.1) is 16.8 Å². The van der Waals surface area contributed by atoms with Crippen molar-refractivity contribution >= 4 is 23.3 Å². The fourth-order valence-corrected chi connectivity index (χ4v) is 1.40. The number of aromatic hydroxyl groups is 1. The summed E-state index contributed by atoms with van der Waals surface area (Å²) in [6.45, 7) is 0. The molecule has 0 unspecified atom stereocenters. The number of pyridine rings is 2. The van der Waals surface area contributed by atoms with Crippen molar-refractivity contribution in [2.45, 2.75) is 0 Å². The topological polar surface area (TPSA) is 75.1 Å². The van der Waals surface area contributed by atoms with E-state index in [1.165, 1.54) is 24.7 Å². The lowest BCUT2D eigenvalue weighted by Crippen LogP contribution is -2.13. The van der Waals surface area contributed by atoms with Gasteiger partial charge in [-0.2, -0.15) is 0 Å². The van der Waals surface area contributed by atoms with Crippen molar-refractivity contribution in [1.82, 2.24) is 9.97 Å². The molecule has 0 aromatic carbocycles. The molecule has 2 aromatic heterocycles. The largest absolute Gasteiger partial charge is 0.505 e. The summed E-state index contributed by atoms with van der Waals surface area (Å²) in [6, 6.07) is 4.67. The first-order chi connectivity index (χ1) is 8.18. The molecule has 5 nitrogen and oxygen atoms in total. The van der Waals surface area contributed by atoms with E-state index in [9.17, 15) is 9.90 Å². The zero-order valence-corrected chi connectivity index (χ0v) is 9.35. The lowest BCUT2D eigenvalue weighted by Gasteiger charge is -2.06. The Morgan fingerprint density at radius 3 is 2.88 bits per heavy atom. The van der Waals surface area contributed by atoms with Gasteiger partial charge in [-0.05, 0) is 18.2 Å². The summed E-state index contributed by atoms with van der Waals surface area (Å²) in [4.78, 5) is 19.4. The number of carbonyl (C=O) groups is 1. The van der Waals surface area contributed by atoms with Crippen molar-refractivity contribution in [1.29, 1.82) is 0 Å². The number of halogens is 1. The second-order valence-corrected chi connectivity index (χ2v) is 3.59. The highest BCUT2D eigenvalue weighted by Crippen LogP contribution is 2.20. The molecule has 2 aromatic rings. The number of nitrogens with zero attached hydrogens (tertiary/aromatic N) is 2. The molecule has 0 aliphatic carbocycles. The molecule has 0 bridgehead atoms. The van der Waals surface area contributed by atoms with E-state index < -0.39 is 5.91 Å². The van der Waals surface area contributed by atoms with Crippen LogP contribution in [-0.2, 0) is 0 Å². The van der Waals surface area contributed by atoms with Crippen LogP contribution in [0.15, 0.2) is 36.8 Å². The van der Waals surface area contributed by atoms with Gasteiger partial charge in [0.25, 0.3) is 5.91 Å². The average molecular weight is 250 g/mol. The van der Waals surface area contributed by atoms with Crippen LogP contribution in [0.25, 0.3) is 0 Å². The van der Waals surface area contributed by atoms with Crippen LogP contribution >= 0.6 is 11.6 Å². The third kappa shape index (κ3) is 2.51. The third-order valence-corrected chi connectivity index (χ3v) is 2.34. The summed E-state index contributed by atoms with van der Waals surface area (Å²) in [7, 11) is 0. The van der Waals surface area contributed by atoms with Gasteiger partial charge in [0, 0.05) is 12.4 Å². The van der Waals surface area contributed by atoms with Crippen molar-refractivity contribution in [2.75, 3.05) is 5.32 Å². The zero-order valence-electron chi connectivity index (χ0n) is 8.59. The first kappa shape index (κ1) is 11.3. The number of anilines is 1. The van der Waals surface area contributed by atoms with Crippen molar-refractivity contribution in [2.24, 2.45) is 0 Å². The number of hydrogen-bond donors (Lipinski definition) is 2. The van der Waals surface area contributed by atoms with Gasteiger partial charge in [-0.3, -0.25) is 9.78 Å². The summed E-state index contributed by atoms with van der Waals surface area (Å²) < 4.78 is 0. The Kier molecular flexibility index (Phi) is 3.20. The Balaban J connectivity index is 2.24. The lowest BCUT2D eigenvalue weighted by atomic mass is 10.2. The fourth-order valence-electron chi connectivity index (χ4n) is 1.23. The normalized spacial score (nSPS) is 9.94. The Morgan fingerprint density at radius 1 is 1.35 bits per heavy atom. The number of rotatable bonds is 2. The van der Waals surface area contributed by atoms with Gasteiger partial charge in [0.15, 0.2) is 5.82 Å². The minimum Gasteiger partial charge on any atom is -0.505 e. The van der Waals surface area contributed by atoms with Crippen LogP contribution < -0.4 is 5.32 Å². The monoisotopic (exact) mass is 249 g/mol. The Hall–Kier alpha value is -2.14. The van der Waals surface area contributed by atoms with Crippen LogP contribution in [0.4, 0.5) is 5.82 Å². The van der Waals surface area contributed by atoms with Crippen LogP contribution in [0.3, 0.4) is 0 Å². The second-order valence-electron chi connectivity index (χ2n) is 3.18. The van der Waals surface area contributed by atoms with Gasteiger partial charge in [-0.1, -0.05) is 11.6 Å². The molecular formula is C11H8ClN3O2. The molecule has 2 heterocycles. The molecule has 0 radical (unpaired) electrons. The van der Waals surface area contributed by atoms with Gasteiger partial charge in [0.1, 0.15) is 5.75 Å². The summed E-state index contributed by atoms with van der Waals surface area (Å²) in [6.07, 6.45) is 4.11. The SMILES string of the molecule is O=C(Nc1ncccc1Cl)c1ccncc1O. The highest BCUT2D eigenvalue weighted by atomic mass is 35.5. The molecule has 0 saturated heterocycles. The number of hydrogen-bond acceptors (Lipinski definition) is 4. The first-order valence-electron chi connectivity index (χ1n) is 4.73. The van der Waals surface area contributed by atoms with Gasteiger partial charge in [0.2, 0.25) is 0 Å². The van der Waals surface area contributed by atoms with Crippen LogP contribution in [0.5, 0.6) is 5.75 Å². The highest BCUT2D eigenvalue weighted by Gasteiger charge is 2.12. The number of aromatic nitrogens is 2. The molecule has 17 heavy (non-hydrogen) atoms. The van der Waals surface area contributed by atoms with E-state index in [0.717, 1.165) is 0 Å². The van der Waals surface area contributed by atoms with Crippen molar-refractivity contribution in [3.8, 4) is 5.75 Å². The quantitative estimate of drug-likeness (QED) is 0.855. The van der Waals surface area contributed by atoms with E-state index >= 15 is 0 Å². The molecule has 0 aliphatic rings. The van der Waals surface area contributed by atoms with Crippen molar-refractivity contribution in [3.63, 3.8) is 0 Å². The van der Waals surface area contributed by atoms with Crippen LogP contribution in [0, 0.1) is 0 Å². The predicted molar refractivity (Wildman–Crippen MR) is 63.1 cm³/mol. The second kappa shape index (κ2) is 4.80. The van der Waals surface area contributed by atoms with E-state index in [1.54, 1.807) is 12.1 Å². The third-order valence-electron chi connectivity index (χ3n) is 2.04. The predicted octanol–water partition coefficient (Wildman–Crippen LogP) is 2.09. The molecule has 86 valence electrons. The van der Waals surface area contributed by atoms with Crippen LogP contribution in [0.2, 0.25) is 5.02 Å². The van der Waals surface area contributed by atoms with E-state index in [0.29, 0.717) is 5.02 Å². The molecule has 0 aliphatic heterocycles. The van der Waals surface area contributed by atoms with E-state index in [2.05, 4.69) is 15.3 Å². The number of carbonyl (C=O) groups excluding carboxylic acids is 1. The molecule has 0 saturated carbocycles. The zero-order chi connectivity index (χ0) is 12.3. The minimum atomic E-state index is -0.495. The molecule has 0 fully saturated rings. The molecule has 6 heteroatoms. The van der Waals surface area contributed by atoms with Gasteiger partial charge < -0.3 is 10.4 Å². The van der Waals surface area contributed by atoms with Crippen LogP contribution in [-0.4, -0.2) is 21.0 Å². The maximum atomic E-state index is 11.8.